The summed E-state index contributed by atoms with van der Waals surface area (Å²) in [7, 11) is 0. The number of fused-ring (bicyclic) bond motifs is 1. The van der Waals surface area contributed by atoms with Gasteiger partial charge in [-0.25, -0.2) is 4.79 Å². The van der Waals surface area contributed by atoms with Crippen molar-refractivity contribution in [2.75, 3.05) is 18.4 Å². The molecule has 1 unspecified atom stereocenters. The molecule has 1 N–H and O–H groups in total. The maximum Gasteiger partial charge on any atom is 0.501 e. The van der Waals surface area contributed by atoms with Crippen molar-refractivity contribution in [2.24, 2.45) is 5.92 Å². The molecule has 1 aromatic rings. The van der Waals surface area contributed by atoms with Crippen LogP contribution in [0.4, 0.5) is 10.5 Å². The van der Waals surface area contributed by atoms with Gasteiger partial charge in [0.15, 0.2) is 11.8 Å². The average molecular weight is 401 g/mol. The van der Waals surface area contributed by atoms with Crippen LogP contribution in [0, 0.1) is 19.8 Å². The fourth-order valence-electron chi connectivity index (χ4n) is 3.21. The monoisotopic (exact) mass is 400 g/mol. The van der Waals surface area contributed by atoms with E-state index in [1.54, 1.807) is 6.08 Å². The molecule has 1 aromatic carbocycles. The predicted octanol–water partition coefficient (Wildman–Crippen LogP) is 3.33. The summed E-state index contributed by atoms with van der Waals surface area (Å²) in [5.41, 5.74) is 3.33. The first-order valence-corrected chi connectivity index (χ1v) is 10.4. The van der Waals surface area contributed by atoms with E-state index in [9.17, 15) is 14.4 Å². The Morgan fingerprint density at radius 3 is 2.75 bits per heavy atom. The van der Waals surface area contributed by atoms with Gasteiger partial charge in [-0.2, -0.15) is 14.3 Å². The zero-order chi connectivity index (χ0) is 20.4. The lowest BCUT2D eigenvalue weighted by Gasteiger charge is -2.24. The smallest absolute Gasteiger partial charge is 0.322 e. The lowest BCUT2D eigenvalue weighted by Crippen LogP contribution is -2.56. The average Bonchev–Trinajstić information content (AvgIpc) is 3.11. The van der Waals surface area contributed by atoms with Crippen LogP contribution >= 0.6 is 11.8 Å². The minimum Gasteiger partial charge on any atom is -0.322 e. The third kappa shape index (κ3) is 4.19. The number of rotatable bonds is 6. The van der Waals surface area contributed by atoms with E-state index < -0.39 is 11.3 Å². The number of aryl methyl sites for hydroxylation is 2. The molecule has 148 valence electrons. The van der Waals surface area contributed by atoms with E-state index in [0.717, 1.165) is 23.2 Å². The van der Waals surface area contributed by atoms with Crippen molar-refractivity contribution < 1.29 is 19.0 Å². The first kappa shape index (κ1) is 20.3. The lowest BCUT2D eigenvalue weighted by molar-refractivity contribution is -0.425. The van der Waals surface area contributed by atoms with Crippen LogP contribution in [-0.4, -0.2) is 51.4 Å². The maximum absolute atomic E-state index is 13.0. The molecule has 1 atom stereocenters. The molecular weight excluding hydrogens is 374 g/mol. The van der Waals surface area contributed by atoms with Crippen LogP contribution in [-0.2, 0) is 9.59 Å². The molecule has 28 heavy (non-hydrogen) atoms. The quantitative estimate of drug-likeness (QED) is 0.744. The lowest BCUT2D eigenvalue weighted by atomic mass is 10.1. The Morgan fingerprint density at radius 2 is 2.04 bits per heavy atom. The van der Waals surface area contributed by atoms with E-state index in [4.69, 9.17) is 0 Å². The molecule has 0 aromatic heterocycles. The van der Waals surface area contributed by atoms with Gasteiger partial charge in [0, 0.05) is 5.69 Å². The number of anilines is 1. The van der Waals surface area contributed by atoms with Crippen molar-refractivity contribution in [2.45, 2.75) is 39.4 Å². The Kier molecular flexibility index (Phi) is 6.03. The Bertz CT molecular complexity index is 889. The predicted molar refractivity (Wildman–Crippen MR) is 112 cm³/mol. The van der Waals surface area contributed by atoms with Crippen molar-refractivity contribution in [3.8, 4) is 0 Å². The molecule has 0 saturated carbocycles. The fraction of sp³-hybridized carbons (Fsp3) is 0.429. The van der Waals surface area contributed by atoms with E-state index >= 15 is 0 Å². The van der Waals surface area contributed by atoms with E-state index in [2.05, 4.69) is 19.2 Å². The zero-order valence-corrected chi connectivity index (χ0v) is 17.5. The van der Waals surface area contributed by atoms with Crippen molar-refractivity contribution in [1.82, 2.24) is 4.90 Å². The first-order valence-electron chi connectivity index (χ1n) is 9.46. The van der Waals surface area contributed by atoms with Gasteiger partial charge in [0.2, 0.25) is 0 Å². The molecule has 2 heterocycles. The van der Waals surface area contributed by atoms with Crippen LogP contribution in [0.25, 0.3) is 0 Å². The zero-order valence-electron chi connectivity index (χ0n) is 16.7. The van der Waals surface area contributed by atoms with Crippen LogP contribution in [0.2, 0.25) is 0 Å². The van der Waals surface area contributed by atoms with Crippen LogP contribution < -0.4 is 5.32 Å². The highest BCUT2D eigenvalue weighted by molar-refractivity contribution is 8.04. The summed E-state index contributed by atoms with van der Waals surface area (Å²) >= 11 is 1.38. The molecule has 3 rings (SSSR count). The number of urea groups is 1. The van der Waals surface area contributed by atoms with Crippen molar-refractivity contribution in [3.05, 3.63) is 40.8 Å². The number of nitrogens with zero attached hydrogens (tertiary/aromatic N) is 2. The Hall–Kier alpha value is -2.41. The maximum atomic E-state index is 13.0. The second-order valence-corrected chi connectivity index (χ2v) is 8.67. The largest absolute Gasteiger partial charge is 0.501 e. The minimum absolute atomic E-state index is 0.117. The highest BCUT2D eigenvalue weighted by Gasteiger charge is 2.49. The van der Waals surface area contributed by atoms with Crippen molar-refractivity contribution in [3.63, 3.8) is 0 Å². The molecular formula is C21H26N3O3S+. The fourth-order valence-corrected chi connectivity index (χ4v) is 4.17. The molecule has 0 fully saturated rings. The third-order valence-electron chi connectivity index (χ3n) is 4.88. The highest BCUT2D eigenvalue weighted by atomic mass is 32.2. The molecule has 0 radical (unpaired) electrons. The van der Waals surface area contributed by atoms with Gasteiger partial charge in [-0.15, -0.1) is 11.8 Å². The molecule has 2 aliphatic heterocycles. The van der Waals surface area contributed by atoms with Gasteiger partial charge in [0.1, 0.15) is 5.71 Å². The van der Waals surface area contributed by atoms with Gasteiger partial charge in [0.05, 0.1) is 6.54 Å². The molecule has 0 aliphatic carbocycles. The van der Waals surface area contributed by atoms with Gasteiger partial charge in [-0.05, 0) is 54.9 Å². The summed E-state index contributed by atoms with van der Waals surface area (Å²) in [6.07, 6.45) is 2.50. The summed E-state index contributed by atoms with van der Waals surface area (Å²) in [6.45, 7) is 8.25. The minimum atomic E-state index is -0.446. The molecule has 6 nitrogen and oxygen atoms in total. The molecule has 2 aliphatic rings. The Labute approximate surface area is 169 Å². The van der Waals surface area contributed by atoms with Crippen molar-refractivity contribution in [1.29, 1.82) is 0 Å². The second-order valence-electron chi connectivity index (χ2n) is 7.65. The van der Waals surface area contributed by atoms with Gasteiger partial charge < -0.3 is 5.32 Å². The number of nitrogens with one attached hydrogen (secondary N) is 1. The van der Waals surface area contributed by atoms with E-state index in [1.165, 1.54) is 21.2 Å². The van der Waals surface area contributed by atoms with Crippen molar-refractivity contribution >= 4 is 41.0 Å². The number of thioether (sulfide) groups is 1. The Morgan fingerprint density at radius 1 is 1.29 bits per heavy atom. The van der Waals surface area contributed by atoms with Crippen LogP contribution in [0.5, 0.6) is 0 Å². The molecule has 7 heteroatoms. The summed E-state index contributed by atoms with van der Waals surface area (Å²) in [5, 5.41) is 4.26. The number of hydrogen-bond acceptors (Lipinski definition) is 4. The number of allylic oxidation sites excluding steroid dienone is 1. The summed E-state index contributed by atoms with van der Waals surface area (Å²) < 4.78 is 1.43. The summed E-state index contributed by atoms with van der Waals surface area (Å²) in [5.74, 6) is -0.0972. The topological polar surface area (TPSA) is 69.5 Å². The van der Waals surface area contributed by atoms with E-state index in [-0.39, 0.29) is 18.4 Å². The number of benzene rings is 1. The van der Waals surface area contributed by atoms with E-state index in [1.807, 2.05) is 37.5 Å². The third-order valence-corrected chi connectivity index (χ3v) is 5.89. The molecule has 0 bridgehead atoms. The molecule has 4 amide bonds. The number of carbonyl (C=O) groups is 3. The summed E-state index contributed by atoms with van der Waals surface area (Å²) in [6, 6.07) is 5.42. The second kappa shape index (κ2) is 8.31. The van der Waals surface area contributed by atoms with Gasteiger partial charge in [-0.1, -0.05) is 26.0 Å². The number of carbonyl (C=O) groups excluding carboxylic acids is 3. The van der Waals surface area contributed by atoms with Crippen LogP contribution in [0.1, 0.15) is 31.4 Å². The van der Waals surface area contributed by atoms with Gasteiger partial charge in [-0.3, -0.25) is 4.79 Å². The number of amides is 4. The SMILES string of the molecule is Cc1ccc(C)c(NC(=O)C[N+]2=C3C=CSC3C(=O)N(CCC(C)C)C2=O)c1. The van der Waals surface area contributed by atoms with Gasteiger partial charge >= 0.3 is 11.9 Å². The van der Waals surface area contributed by atoms with Gasteiger partial charge in [0.25, 0.3) is 5.91 Å². The van der Waals surface area contributed by atoms with E-state index in [0.29, 0.717) is 18.2 Å². The Balaban J connectivity index is 1.82. The molecule has 0 saturated heterocycles. The molecule has 0 spiro atoms. The first-order chi connectivity index (χ1) is 13.3. The number of hydrogen-bond donors (Lipinski definition) is 1. The normalized spacial score (nSPS) is 18.9. The summed E-state index contributed by atoms with van der Waals surface area (Å²) in [4.78, 5) is 39.7. The number of imide groups is 1. The highest BCUT2D eigenvalue weighted by Crippen LogP contribution is 2.28. The standard InChI is InChI=1S/C21H25N3O3S/c1-13(2)7-9-23-20(26)19-17(8-10-28-19)24(21(23)27)12-18(25)22-16-11-14(3)5-6-15(16)4/h5-6,8,10-11,13,19H,7,9,12H2,1-4H3/p+1. The van der Waals surface area contributed by atoms with Crippen LogP contribution in [0.15, 0.2) is 29.7 Å². The van der Waals surface area contributed by atoms with Crippen LogP contribution in [0.3, 0.4) is 0 Å².